The molecule has 0 atom stereocenters. The van der Waals surface area contributed by atoms with E-state index in [2.05, 4.69) is 0 Å². The molecule has 4 N–H and O–H groups in total. The van der Waals surface area contributed by atoms with Crippen molar-refractivity contribution in [2.24, 2.45) is 0 Å². The van der Waals surface area contributed by atoms with E-state index >= 15 is 0 Å². The Kier molecular flexibility index (Phi) is 4.19. The van der Waals surface area contributed by atoms with Crippen LogP contribution in [0.3, 0.4) is 0 Å². The molecule has 19 heavy (non-hydrogen) atoms. The van der Waals surface area contributed by atoms with Gasteiger partial charge in [-0.25, -0.2) is 0 Å². The van der Waals surface area contributed by atoms with Crippen molar-refractivity contribution in [3.63, 3.8) is 0 Å². The molecule has 0 spiro atoms. The van der Waals surface area contributed by atoms with E-state index < -0.39 is 0 Å². The van der Waals surface area contributed by atoms with E-state index in [0.29, 0.717) is 26.7 Å². The van der Waals surface area contributed by atoms with Crippen LogP contribution in [0.25, 0.3) is 0 Å². The van der Waals surface area contributed by atoms with Gasteiger partial charge in [0.15, 0.2) is 0 Å². The summed E-state index contributed by atoms with van der Waals surface area (Å²) in [6, 6.07) is 14.1. The Hall–Kier alpha value is -1.85. The molecule has 5 heteroatoms. The summed E-state index contributed by atoms with van der Waals surface area (Å²) in [7, 11) is 0. The molecule has 0 heterocycles. The lowest BCUT2D eigenvalue weighted by atomic mass is 10.2. The van der Waals surface area contributed by atoms with E-state index in [9.17, 15) is 4.79 Å². The van der Waals surface area contributed by atoms with Gasteiger partial charge < -0.3 is 11.5 Å². The van der Waals surface area contributed by atoms with E-state index in [4.69, 9.17) is 23.7 Å². The Morgan fingerprint density at radius 2 is 1.37 bits per heavy atom. The third-order valence-electron chi connectivity index (χ3n) is 2.55. The SMILES string of the molecule is Nc1ccccc1C(=O)SC(=S)c1ccccc1N. The maximum Gasteiger partial charge on any atom is 0.227 e. The van der Waals surface area contributed by atoms with Gasteiger partial charge in [-0.3, -0.25) is 4.79 Å². The van der Waals surface area contributed by atoms with Crippen molar-refractivity contribution in [1.82, 2.24) is 0 Å². The molecule has 0 radical (unpaired) electrons. The number of thioether (sulfide) groups is 1. The molecule has 0 aliphatic carbocycles. The summed E-state index contributed by atoms with van der Waals surface area (Å²) < 4.78 is 0.450. The molecule has 96 valence electrons. The number of anilines is 2. The van der Waals surface area contributed by atoms with Crippen LogP contribution in [0.1, 0.15) is 15.9 Å². The van der Waals surface area contributed by atoms with Crippen LogP contribution < -0.4 is 11.5 Å². The Labute approximate surface area is 121 Å². The molecular weight excluding hydrogens is 276 g/mol. The van der Waals surface area contributed by atoms with Crippen molar-refractivity contribution >= 4 is 44.7 Å². The highest BCUT2D eigenvalue weighted by Gasteiger charge is 2.15. The number of benzene rings is 2. The van der Waals surface area contributed by atoms with Crippen LogP contribution in [0.5, 0.6) is 0 Å². The van der Waals surface area contributed by atoms with E-state index in [-0.39, 0.29) is 5.12 Å². The summed E-state index contributed by atoms with van der Waals surface area (Å²) in [6.45, 7) is 0. The molecule has 0 fully saturated rings. The highest BCUT2D eigenvalue weighted by atomic mass is 32.2. The minimum Gasteiger partial charge on any atom is -0.398 e. The molecule has 0 bridgehead atoms. The fraction of sp³-hybridized carbons (Fsp3) is 0. The van der Waals surface area contributed by atoms with Crippen LogP contribution in [0.4, 0.5) is 11.4 Å². The predicted octanol–water partition coefficient (Wildman–Crippen LogP) is 3.10. The second-order valence-corrected chi connectivity index (χ2v) is 5.50. The number of para-hydroxylation sites is 2. The number of hydrogen-bond acceptors (Lipinski definition) is 5. The smallest absolute Gasteiger partial charge is 0.227 e. The molecule has 0 unspecified atom stereocenters. The zero-order chi connectivity index (χ0) is 13.8. The van der Waals surface area contributed by atoms with Gasteiger partial charge in [0.25, 0.3) is 0 Å². The van der Waals surface area contributed by atoms with Crippen molar-refractivity contribution in [3.05, 3.63) is 59.7 Å². The highest BCUT2D eigenvalue weighted by molar-refractivity contribution is 8.33. The molecular formula is C14H12N2OS2. The Bertz CT molecular complexity index is 585. The van der Waals surface area contributed by atoms with Crippen LogP contribution >= 0.6 is 24.0 Å². The lowest BCUT2D eigenvalue weighted by molar-refractivity contribution is 0.109. The first-order chi connectivity index (χ1) is 9.09. The van der Waals surface area contributed by atoms with Crippen LogP contribution in [0, 0.1) is 0 Å². The lowest BCUT2D eigenvalue weighted by Gasteiger charge is -2.07. The Morgan fingerprint density at radius 1 is 0.895 bits per heavy atom. The Balaban J connectivity index is 2.19. The van der Waals surface area contributed by atoms with E-state index in [0.717, 1.165) is 11.8 Å². The van der Waals surface area contributed by atoms with Gasteiger partial charge in [-0.05, 0) is 30.0 Å². The van der Waals surface area contributed by atoms with Crippen molar-refractivity contribution < 1.29 is 4.79 Å². The van der Waals surface area contributed by atoms with Gasteiger partial charge in [0.05, 0.1) is 9.76 Å². The van der Waals surface area contributed by atoms with Gasteiger partial charge in [-0.2, -0.15) is 0 Å². The largest absolute Gasteiger partial charge is 0.398 e. The van der Waals surface area contributed by atoms with Crippen LogP contribution in [-0.2, 0) is 0 Å². The number of carbonyl (C=O) groups excluding carboxylic acids is 1. The molecule has 0 amide bonds. The molecule has 0 aliphatic heterocycles. The minimum atomic E-state index is -0.175. The first-order valence-electron chi connectivity index (χ1n) is 5.55. The minimum absolute atomic E-state index is 0.175. The van der Waals surface area contributed by atoms with Crippen molar-refractivity contribution in [2.45, 2.75) is 0 Å². The van der Waals surface area contributed by atoms with Crippen LogP contribution in [0.15, 0.2) is 48.5 Å². The van der Waals surface area contributed by atoms with E-state index in [1.807, 2.05) is 12.1 Å². The second kappa shape index (κ2) is 5.86. The normalized spacial score (nSPS) is 10.1. The number of hydrogen-bond donors (Lipinski definition) is 2. The van der Waals surface area contributed by atoms with Gasteiger partial charge in [0.1, 0.15) is 0 Å². The zero-order valence-corrected chi connectivity index (χ0v) is 11.6. The zero-order valence-electron chi connectivity index (χ0n) is 10.00. The fourth-order valence-electron chi connectivity index (χ4n) is 1.56. The lowest BCUT2D eigenvalue weighted by Crippen LogP contribution is -2.05. The first kappa shape index (κ1) is 13.6. The number of nitrogens with two attached hydrogens (primary N) is 2. The third kappa shape index (κ3) is 3.13. The van der Waals surface area contributed by atoms with Gasteiger partial charge in [0, 0.05) is 16.9 Å². The van der Waals surface area contributed by atoms with Crippen LogP contribution in [0.2, 0.25) is 0 Å². The maximum absolute atomic E-state index is 12.1. The van der Waals surface area contributed by atoms with Gasteiger partial charge in [-0.1, -0.05) is 42.5 Å². The summed E-state index contributed by atoms with van der Waals surface area (Å²) in [5.41, 5.74) is 13.8. The number of rotatable bonds is 2. The van der Waals surface area contributed by atoms with Gasteiger partial charge in [0.2, 0.25) is 5.12 Å². The van der Waals surface area contributed by atoms with E-state index in [1.165, 1.54) is 0 Å². The van der Waals surface area contributed by atoms with E-state index in [1.54, 1.807) is 36.4 Å². The van der Waals surface area contributed by atoms with Crippen molar-refractivity contribution in [1.29, 1.82) is 0 Å². The van der Waals surface area contributed by atoms with Gasteiger partial charge >= 0.3 is 0 Å². The van der Waals surface area contributed by atoms with Crippen molar-refractivity contribution in [3.8, 4) is 0 Å². The molecule has 2 rings (SSSR count). The van der Waals surface area contributed by atoms with Gasteiger partial charge in [-0.15, -0.1) is 0 Å². The Morgan fingerprint density at radius 3 is 1.89 bits per heavy atom. The summed E-state index contributed by atoms with van der Waals surface area (Å²) in [6.07, 6.45) is 0. The topological polar surface area (TPSA) is 69.1 Å². The molecule has 0 aromatic heterocycles. The monoisotopic (exact) mass is 288 g/mol. The number of carbonyl (C=O) groups is 1. The summed E-state index contributed by atoms with van der Waals surface area (Å²) >= 11 is 6.22. The predicted molar refractivity (Wildman–Crippen MR) is 85.3 cm³/mol. The molecule has 3 nitrogen and oxygen atoms in total. The van der Waals surface area contributed by atoms with Crippen molar-refractivity contribution in [2.75, 3.05) is 11.5 Å². The molecule has 0 saturated carbocycles. The number of thiocarbonyl (C=S) groups is 1. The summed E-state index contributed by atoms with van der Waals surface area (Å²) in [5, 5.41) is -0.175. The second-order valence-electron chi connectivity index (χ2n) is 3.85. The summed E-state index contributed by atoms with van der Waals surface area (Å²) in [5.74, 6) is 0. The molecule has 2 aromatic carbocycles. The average Bonchev–Trinajstić information content (AvgIpc) is 2.39. The molecule has 0 aliphatic rings. The van der Waals surface area contributed by atoms with Crippen LogP contribution in [-0.4, -0.2) is 9.31 Å². The number of nitrogen functional groups attached to an aromatic ring is 2. The first-order valence-corrected chi connectivity index (χ1v) is 6.77. The molecule has 2 aromatic rings. The third-order valence-corrected chi connectivity index (χ3v) is 3.83. The highest BCUT2D eigenvalue weighted by Crippen LogP contribution is 2.25. The maximum atomic E-state index is 12.1. The standard InChI is InChI=1S/C14H12N2OS2/c15-11-7-3-1-5-9(11)13(17)19-14(18)10-6-2-4-8-12(10)16/h1-8H,15-16H2. The molecule has 0 saturated heterocycles. The quantitative estimate of drug-likeness (QED) is 0.656. The fourth-order valence-corrected chi connectivity index (χ4v) is 2.73. The summed E-state index contributed by atoms with van der Waals surface area (Å²) in [4.78, 5) is 12.1. The average molecular weight is 288 g/mol.